The van der Waals surface area contributed by atoms with E-state index in [0.717, 1.165) is 36.2 Å². The van der Waals surface area contributed by atoms with E-state index < -0.39 is 5.60 Å². The molecule has 1 saturated heterocycles. The number of aromatic nitrogens is 2. The van der Waals surface area contributed by atoms with Crippen molar-refractivity contribution in [2.45, 2.75) is 65.4 Å². The minimum atomic E-state index is -0.522. The fourth-order valence-corrected chi connectivity index (χ4v) is 4.10. The highest BCUT2D eigenvalue weighted by molar-refractivity contribution is 5.95. The van der Waals surface area contributed by atoms with Gasteiger partial charge in [-0.05, 0) is 66.0 Å². The molecule has 8 heteroatoms. The minimum absolute atomic E-state index is 0.103. The SMILES string of the molecule is CCOCCCNC(=O)c1cnn(-c2ccc(C)cc2)c1C1CCN(C(=O)OC(C)(C)C)CC1. The number of rotatable bonds is 8. The minimum Gasteiger partial charge on any atom is -0.444 e. The molecule has 0 spiro atoms. The molecule has 0 bridgehead atoms. The number of piperidine rings is 1. The average Bonchev–Trinajstić information content (AvgIpc) is 3.23. The van der Waals surface area contributed by atoms with Crippen LogP contribution in [0.2, 0.25) is 0 Å². The van der Waals surface area contributed by atoms with Gasteiger partial charge in [0.2, 0.25) is 0 Å². The molecule has 1 fully saturated rings. The Kier molecular flexibility index (Phi) is 8.72. The van der Waals surface area contributed by atoms with Crippen molar-refractivity contribution in [3.05, 3.63) is 47.3 Å². The van der Waals surface area contributed by atoms with E-state index in [0.29, 0.717) is 38.4 Å². The molecule has 34 heavy (non-hydrogen) atoms. The number of ether oxygens (including phenoxy) is 2. The van der Waals surface area contributed by atoms with Crippen LogP contribution in [-0.4, -0.2) is 65.1 Å². The van der Waals surface area contributed by atoms with Crippen LogP contribution in [0.1, 0.15) is 74.5 Å². The topological polar surface area (TPSA) is 85.7 Å². The Bertz CT molecular complexity index is 954. The number of hydrogen-bond donors (Lipinski definition) is 1. The summed E-state index contributed by atoms with van der Waals surface area (Å²) in [6, 6.07) is 8.12. The Morgan fingerprint density at radius 1 is 1.15 bits per heavy atom. The summed E-state index contributed by atoms with van der Waals surface area (Å²) in [4.78, 5) is 27.3. The van der Waals surface area contributed by atoms with E-state index in [-0.39, 0.29) is 17.9 Å². The third-order valence-electron chi connectivity index (χ3n) is 5.82. The number of likely N-dealkylation sites (tertiary alicyclic amines) is 1. The molecule has 2 heterocycles. The highest BCUT2D eigenvalue weighted by Crippen LogP contribution is 2.32. The summed E-state index contributed by atoms with van der Waals surface area (Å²) in [5, 5.41) is 7.61. The molecule has 186 valence electrons. The quantitative estimate of drug-likeness (QED) is 0.576. The first-order chi connectivity index (χ1) is 16.2. The third-order valence-corrected chi connectivity index (χ3v) is 5.82. The Balaban J connectivity index is 1.78. The first-order valence-corrected chi connectivity index (χ1v) is 12.2. The van der Waals surface area contributed by atoms with E-state index in [1.807, 2.05) is 63.6 Å². The molecule has 8 nitrogen and oxygen atoms in total. The third kappa shape index (κ3) is 6.82. The molecule has 1 aromatic heterocycles. The van der Waals surface area contributed by atoms with Crippen LogP contribution in [-0.2, 0) is 9.47 Å². The second-order valence-corrected chi connectivity index (χ2v) is 9.74. The van der Waals surface area contributed by atoms with E-state index in [1.165, 1.54) is 0 Å². The van der Waals surface area contributed by atoms with Gasteiger partial charge in [-0.15, -0.1) is 0 Å². The van der Waals surface area contributed by atoms with Crippen molar-refractivity contribution in [1.29, 1.82) is 0 Å². The Morgan fingerprint density at radius 2 is 1.82 bits per heavy atom. The van der Waals surface area contributed by atoms with Crippen LogP contribution in [0.3, 0.4) is 0 Å². The largest absolute Gasteiger partial charge is 0.444 e. The number of nitrogens with one attached hydrogen (secondary N) is 1. The summed E-state index contributed by atoms with van der Waals surface area (Å²) >= 11 is 0. The molecule has 2 aromatic rings. The maximum Gasteiger partial charge on any atom is 0.410 e. The zero-order chi connectivity index (χ0) is 24.7. The lowest BCUT2D eigenvalue weighted by molar-refractivity contribution is 0.0203. The summed E-state index contributed by atoms with van der Waals surface area (Å²) in [6.45, 7) is 12.6. The van der Waals surface area contributed by atoms with Gasteiger partial charge in [-0.25, -0.2) is 9.48 Å². The van der Waals surface area contributed by atoms with Gasteiger partial charge in [0, 0.05) is 38.8 Å². The first-order valence-electron chi connectivity index (χ1n) is 12.2. The average molecular weight is 471 g/mol. The zero-order valence-electron chi connectivity index (χ0n) is 21.1. The van der Waals surface area contributed by atoms with Gasteiger partial charge >= 0.3 is 6.09 Å². The van der Waals surface area contributed by atoms with Gasteiger partial charge < -0.3 is 19.7 Å². The lowest BCUT2D eigenvalue weighted by Gasteiger charge is -2.34. The molecule has 0 atom stereocenters. The molecule has 0 unspecified atom stereocenters. The van der Waals surface area contributed by atoms with Gasteiger partial charge in [0.15, 0.2) is 0 Å². The van der Waals surface area contributed by atoms with Gasteiger partial charge in [-0.2, -0.15) is 5.10 Å². The van der Waals surface area contributed by atoms with Crippen LogP contribution >= 0.6 is 0 Å². The molecule has 2 amide bonds. The standard InChI is InChI=1S/C26H38N4O4/c1-6-33-17-7-14-27-24(31)22-18-28-30(21-10-8-19(2)9-11-21)23(22)20-12-15-29(16-13-20)25(32)34-26(3,4)5/h8-11,18,20H,6-7,12-17H2,1-5H3,(H,27,31). The van der Waals surface area contributed by atoms with E-state index in [9.17, 15) is 9.59 Å². The molecule has 0 radical (unpaired) electrons. The number of benzene rings is 1. The maximum atomic E-state index is 13.1. The Labute approximate surface area is 202 Å². The molecule has 1 aliphatic rings. The van der Waals surface area contributed by atoms with E-state index in [4.69, 9.17) is 9.47 Å². The number of carbonyl (C=O) groups excluding carboxylic acids is 2. The van der Waals surface area contributed by atoms with Crippen LogP contribution in [0.5, 0.6) is 0 Å². The monoisotopic (exact) mass is 470 g/mol. The van der Waals surface area contributed by atoms with Crippen molar-refractivity contribution in [2.75, 3.05) is 32.8 Å². The normalized spacial score (nSPS) is 14.8. The summed E-state index contributed by atoms with van der Waals surface area (Å²) in [5.41, 5.74) is 3.05. The van der Waals surface area contributed by atoms with Crippen LogP contribution < -0.4 is 5.32 Å². The van der Waals surface area contributed by atoms with Crippen molar-refractivity contribution in [2.24, 2.45) is 0 Å². The fraction of sp³-hybridized carbons (Fsp3) is 0.577. The predicted molar refractivity (Wildman–Crippen MR) is 132 cm³/mol. The lowest BCUT2D eigenvalue weighted by Crippen LogP contribution is -2.41. The van der Waals surface area contributed by atoms with Crippen LogP contribution in [0.25, 0.3) is 5.69 Å². The molecule has 1 aliphatic heterocycles. The highest BCUT2D eigenvalue weighted by Gasteiger charge is 2.32. The van der Waals surface area contributed by atoms with Gasteiger partial charge in [-0.3, -0.25) is 4.79 Å². The lowest BCUT2D eigenvalue weighted by atomic mass is 9.91. The molecule has 0 aliphatic carbocycles. The molecular formula is C26H38N4O4. The van der Waals surface area contributed by atoms with Crippen molar-refractivity contribution in [1.82, 2.24) is 20.0 Å². The first kappa shape index (κ1) is 25.7. The highest BCUT2D eigenvalue weighted by atomic mass is 16.6. The second-order valence-electron chi connectivity index (χ2n) is 9.74. The van der Waals surface area contributed by atoms with Gasteiger partial charge in [0.25, 0.3) is 5.91 Å². The summed E-state index contributed by atoms with van der Waals surface area (Å²) < 4.78 is 12.8. The maximum absolute atomic E-state index is 13.1. The zero-order valence-corrected chi connectivity index (χ0v) is 21.1. The van der Waals surface area contributed by atoms with E-state index in [2.05, 4.69) is 10.4 Å². The van der Waals surface area contributed by atoms with Crippen molar-refractivity contribution in [3.8, 4) is 5.69 Å². The number of carbonyl (C=O) groups is 2. The smallest absolute Gasteiger partial charge is 0.410 e. The van der Waals surface area contributed by atoms with Crippen LogP contribution in [0.4, 0.5) is 4.79 Å². The number of hydrogen-bond acceptors (Lipinski definition) is 5. The summed E-state index contributed by atoms with van der Waals surface area (Å²) in [5.74, 6) is -0.0221. The number of nitrogens with zero attached hydrogens (tertiary/aromatic N) is 3. The van der Waals surface area contributed by atoms with E-state index >= 15 is 0 Å². The summed E-state index contributed by atoms with van der Waals surface area (Å²) in [7, 11) is 0. The van der Waals surface area contributed by atoms with Crippen molar-refractivity contribution >= 4 is 12.0 Å². The van der Waals surface area contributed by atoms with Crippen molar-refractivity contribution < 1.29 is 19.1 Å². The Morgan fingerprint density at radius 3 is 2.44 bits per heavy atom. The fourth-order valence-electron chi connectivity index (χ4n) is 4.10. The molecular weight excluding hydrogens is 432 g/mol. The number of amides is 2. The Hall–Kier alpha value is -2.87. The second kappa shape index (κ2) is 11.5. The molecule has 1 aromatic carbocycles. The summed E-state index contributed by atoms with van der Waals surface area (Å²) in [6.07, 6.45) is 3.61. The van der Waals surface area contributed by atoms with Crippen LogP contribution in [0.15, 0.2) is 30.5 Å². The van der Waals surface area contributed by atoms with Gasteiger partial charge in [0.05, 0.1) is 23.1 Å². The van der Waals surface area contributed by atoms with E-state index in [1.54, 1.807) is 11.1 Å². The molecule has 3 rings (SSSR count). The molecule has 0 saturated carbocycles. The molecule has 1 N–H and O–H groups in total. The number of aryl methyl sites for hydroxylation is 1. The van der Waals surface area contributed by atoms with Crippen LogP contribution in [0, 0.1) is 6.92 Å². The van der Waals surface area contributed by atoms with Gasteiger partial charge in [-0.1, -0.05) is 17.7 Å². The van der Waals surface area contributed by atoms with Gasteiger partial charge in [0.1, 0.15) is 5.60 Å². The predicted octanol–water partition coefficient (Wildman–Crippen LogP) is 4.45. The van der Waals surface area contributed by atoms with Crippen molar-refractivity contribution in [3.63, 3.8) is 0 Å².